The first-order chi connectivity index (χ1) is 41.0. The van der Waals surface area contributed by atoms with Crippen LogP contribution < -0.4 is 0 Å². The van der Waals surface area contributed by atoms with E-state index in [2.05, 4.69) is 303 Å². The van der Waals surface area contributed by atoms with Crippen molar-refractivity contribution in [1.29, 1.82) is 0 Å². The summed E-state index contributed by atoms with van der Waals surface area (Å²) in [5.41, 5.74) is 0.907. The van der Waals surface area contributed by atoms with Gasteiger partial charge in [-0.05, 0) is 69.1 Å². The highest BCUT2D eigenvalue weighted by atomic mass is 32.1. The number of oxazole rings is 1. The summed E-state index contributed by atoms with van der Waals surface area (Å²) in [4.78, 5) is 7.11. The van der Waals surface area contributed by atoms with Crippen molar-refractivity contribution in [3.63, 3.8) is 0 Å². The van der Waals surface area contributed by atoms with E-state index < -0.39 is 0 Å². The third-order valence-corrected chi connectivity index (χ3v) is 6.01. The molecule has 0 aliphatic heterocycles. The standard InChI is InChI=1S/C5H8N2O.C4H7N3O.C4H7N3S.7C4H10.C3H4N2.2C3H3NO.C2H3N3.C2H2N2O.CHN3O.CHN3S/c1-4(2)5-3-6-8-7-5;2*1-3(2)4-5-6-7-8-4;7*1-4(2)3;1-2-4-5-3-1;1-2-5-3-4-1;1-2-4-5-3-1;1-3-2-5-4-1;1-2-5-4-3-1;2*1-2-4-5-3-1/h3-4H,1-2H3;2*3H,1-2H3;7*4H,1-3H3;1-3H,(H,4,5);2*1-3H;1-2H,(H,3,4,5);1-2H;2*1H. The van der Waals surface area contributed by atoms with E-state index in [4.69, 9.17) is 0 Å². The third kappa shape index (κ3) is 125. The van der Waals surface area contributed by atoms with Gasteiger partial charge in [-0.3, -0.25) is 10.2 Å². The molecule has 0 radical (unpaired) electrons. The van der Waals surface area contributed by atoms with Crippen molar-refractivity contribution in [2.75, 3.05) is 0 Å². The van der Waals surface area contributed by atoms with Crippen molar-refractivity contribution >= 4 is 23.3 Å². The molecule has 0 fully saturated rings. The summed E-state index contributed by atoms with van der Waals surface area (Å²) in [6, 6.07) is 3.56. The summed E-state index contributed by atoms with van der Waals surface area (Å²) in [6.45, 7) is 57.7. The molecule has 31 heteroatoms. The maximum Gasteiger partial charge on any atom is 0.250 e. The van der Waals surface area contributed by atoms with Gasteiger partial charge < -0.3 is 18.0 Å². The summed E-state index contributed by atoms with van der Waals surface area (Å²) >= 11 is 2.46. The van der Waals surface area contributed by atoms with Gasteiger partial charge in [0.15, 0.2) is 19.0 Å². The van der Waals surface area contributed by atoms with Crippen LogP contribution in [0.15, 0.2) is 127 Å². The highest BCUT2D eigenvalue weighted by Crippen LogP contribution is 2.12. The van der Waals surface area contributed by atoms with Crippen molar-refractivity contribution in [3.8, 4) is 0 Å². The smallest absolute Gasteiger partial charge is 0.250 e. The summed E-state index contributed by atoms with van der Waals surface area (Å²) in [7, 11) is 0. The molecule has 10 rings (SSSR count). The van der Waals surface area contributed by atoms with E-state index >= 15 is 0 Å². The summed E-state index contributed by atoms with van der Waals surface area (Å²) in [6.07, 6.45) is 21.1. The van der Waals surface area contributed by atoms with Crippen molar-refractivity contribution in [2.45, 2.75) is 205 Å². The fourth-order valence-electron chi connectivity index (χ4n) is 2.23. The molecule has 0 atom stereocenters. The van der Waals surface area contributed by atoms with Gasteiger partial charge >= 0.3 is 0 Å². The van der Waals surface area contributed by atoms with Gasteiger partial charge in [0, 0.05) is 47.0 Å². The Morgan fingerprint density at radius 3 is 1.21 bits per heavy atom. The Kier molecular flexibility index (Phi) is 81.3. The lowest BCUT2D eigenvalue weighted by molar-refractivity contribution is 0.292. The van der Waals surface area contributed by atoms with E-state index in [0.717, 1.165) is 63.9 Å². The molecule has 0 aromatic carbocycles. The highest BCUT2D eigenvalue weighted by molar-refractivity contribution is 7.05. The first-order valence-corrected chi connectivity index (χ1v) is 29.9. The minimum Gasteiger partial charge on any atom is -0.452 e. The SMILES string of the molecule is CC(C)C.CC(C)C.CC(C)C.CC(C)C.CC(C)C.CC(C)C.CC(C)C.CC(C)c1cnon1.CC(C)c1nnno1.CC(C)c1nnns1.c1cn[nH]c1.c1cnoc1.c1cocn1.c1conn1.c1nc[nH]n1.c1nnon1.c1nnsn1. The molecule has 0 spiro atoms. The van der Waals surface area contributed by atoms with Crippen LogP contribution >= 0.6 is 23.3 Å². The van der Waals surface area contributed by atoms with Crippen molar-refractivity contribution in [1.82, 2.24) is 116 Å². The average Bonchev–Trinajstić information content (AvgIpc) is 4.35. The Balaban J connectivity index is -0.000000157. The molecule has 0 bridgehead atoms. The first kappa shape index (κ1) is 92.9. The van der Waals surface area contributed by atoms with Gasteiger partial charge in [0.25, 0.3) is 5.89 Å². The van der Waals surface area contributed by atoms with Gasteiger partial charge in [0.2, 0.25) is 0 Å². The van der Waals surface area contributed by atoms with Gasteiger partial charge in [-0.2, -0.15) is 14.6 Å². The zero-order valence-corrected chi connectivity index (χ0v) is 58.8. The number of hydrogen-bond acceptors (Lipinski definition) is 29. The topological polar surface area (TPSA) is 381 Å². The molecule has 496 valence electrons. The number of nitrogens with one attached hydrogen (secondary N) is 2. The maximum absolute atomic E-state index is 4.62. The van der Waals surface area contributed by atoms with Gasteiger partial charge in [-0.15, -0.1) is 15.3 Å². The minimum atomic E-state index is 0.282. The Morgan fingerprint density at radius 1 is 0.448 bits per heavy atom. The molecule has 10 aromatic rings. The van der Waals surface area contributed by atoms with Crippen molar-refractivity contribution in [2.24, 2.45) is 41.4 Å². The van der Waals surface area contributed by atoms with E-state index in [0.29, 0.717) is 17.7 Å². The second-order valence-electron chi connectivity index (χ2n) is 22.2. The zero-order chi connectivity index (χ0) is 67.7. The quantitative estimate of drug-likeness (QED) is 0.166. The van der Waals surface area contributed by atoms with Gasteiger partial charge in [-0.25, -0.2) is 19.2 Å². The summed E-state index contributed by atoms with van der Waals surface area (Å²) in [5.74, 6) is 7.59. The van der Waals surface area contributed by atoms with E-state index in [9.17, 15) is 0 Å². The van der Waals surface area contributed by atoms with E-state index in [1.807, 2.05) is 33.8 Å². The summed E-state index contributed by atoms with van der Waals surface area (Å²) < 4.78 is 36.6. The number of nitrogens with zero attached hydrogens (tertiary/aromatic N) is 21. The molecular weight excluding hydrogens is 1150 g/mol. The molecule has 10 aromatic heterocycles. The lowest BCUT2D eigenvalue weighted by Gasteiger charge is -1.91. The number of aromatic amines is 2. The predicted octanol–water partition coefficient (Wildman–Crippen LogP) is 15.5. The molecule has 0 aliphatic rings. The lowest BCUT2D eigenvalue weighted by atomic mass is 10.2. The van der Waals surface area contributed by atoms with Crippen LogP contribution in [-0.4, -0.2) is 116 Å². The van der Waals surface area contributed by atoms with Crippen LogP contribution in [0, 0.1) is 41.4 Å². The van der Waals surface area contributed by atoms with Crippen LogP contribution in [0.4, 0.5) is 0 Å². The van der Waals surface area contributed by atoms with Gasteiger partial charge in [-0.1, -0.05) is 222 Å². The lowest BCUT2D eigenvalue weighted by Crippen LogP contribution is -1.85. The molecular formula is C56H109N23O6S2. The number of H-pyrrole nitrogens is 2. The fourth-order valence-corrected chi connectivity index (χ4v) is 2.88. The predicted molar refractivity (Wildman–Crippen MR) is 342 cm³/mol. The number of rotatable bonds is 3. The number of aromatic nitrogens is 23. The number of hydrogen-bond donors (Lipinski definition) is 2. The van der Waals surface area contributed by atoms with Crippen molar-refractivity contribution < 1.29 is 27.2 Å². The first-order valence-electron chi connectivity index (χ1n) is 28.4. The Morgan fingerprint density at radius 2 is 1.06 bits per heavy atom. The van der Waals surface area contributed by atoms with Crippen LogP contribution in [0.2, 0.25) is 0 Å². The van der Waals surface area contributed by atoms with E-state index in [1.54, 1.807) is 37.1 Å². The van der Waals surface area contributed by atoms with Crippen LogP contribution in [0.5, 0.6) is 0 Å². The molecule has 0 unspecified atom stereocenters. The van der Waals surface area contributed by atoms with Crippen molar-refractivity contribution in [3.05, 3.63) is 116 Å². The maximum atomic E-state index is 4.62. The minimum absolute atomic E-state index is 0.282. The molecule has 0 amide bonds. The molecule has 10 heterocycles. The van der Waals surface area contributed by atoms with Crippen LogP contribution in [0.25, 0.3) is 0 Å². The Labute approximate surface area is 526 Å². The Hall–Kier alpha value is -7.83. The normalized spacial score (nSPS) is 8.98. The van der Waals surface area contributed by atoms with Crippen LogP contribution in [-0.2, 0) is 0 Å². The average molecular weight is 1260 g/mol. The fraction of sp³-hybridized carbons (Fsp3) is 0.661. The highest BCUT2D eigenvalue weighted by Gasteiger charge is 2.04. The second-order valence-corrected chi connectivity index (χ2v) is 23.5. The van der Waals surface area contributed by atoms with Gasteiger partial charge in [0.05, 0.1) is 47.1 Å². The van der Waals surface area contributed by atoms with Crippen LogP contribution in [0.3, 0.4) is 0 Å². The molecule has 2 N–H and O–H groups in total. The zero-order valence-electron chi connectivity index (χ0n) is 57.2. The van der Waals surface area contributed by atoms with E-state index in [1.165, 1.54) is 68.2 Å². The molecule has 29 nitrogen and oxygen atoms in total. The molecule has 87 heavy (non-hydrogen) atoms. The molecule has 0 saturated carbocycles. The Bertz CT molecular complexity index is 1830. The monoisotopic (exact) mass is 1260 g/mol. The molecule has 0 saturated heterocycles. The largest absolute Gasteiger partial charge is 0.452 e. The molecule has 0 aliphatic carbocycles. The summed E-state index contributed by atoms with van der Waals surface area (Å²) in [5, 5.41) is 60.0. The third-order valence-electron chi connectivity index (χ3n) is 4.76. The van der Waals surface area contributed by atoms with Crippen LogP contribution in [0.1, 0.15) is 221 Å². The van der Waals surface area contributed by atoms with Gasteiger partial charge in [0.1, 0.15) is 42.1 Å². The second kappa shape index (κ2) is 76.2. The van der Waals surface area contributed by atoms with E-state index in [-0.39, 0.29) is 5.92 Å².